The number of benzene rings is 2. The summed E-state index contributed by atoms with van der Waals surface area (Å²) in [6, 6.07) is 9.50. The molecule has 1 amide bonds. The normalized spacial score (nSPS) is 12.2. The third-order valence-electron chi connectivity index (χ3n) is 3.91. The first-order valence-electron chi connectivity index (χ1n) is 8.18. The predicted molar refractivity (Wildman–Crippen MR) is 95.9 cm³/mol. The van der Waals surface area contributed by atoms with E-state index in [9.17, 15) is 26.4 Å². The Labute approximate surface area is 155 Å². The van der Waals surface area contributed by atoms with E-state index in [0.717, 1.165) is 24.3 Å². The van der Waals surface area contributed by atoms with E-state index in [2.05, 4.69) is 5.32 Å². The number of anilines is 1. The second-order valence-corrected chi connectivity index (χ2v) is 7.58. The predicted octanol–water partition coefficient (Wildman–Crippen LogP) is 3.99. The molecule has 146 valence electrons. The number of sulfonamides is 1. The monoisotopic (exact) mass is 400 g/mol. The third kappa shape index (κ3) is 4.86. The van der Waals surface area contributed by atoms with E-state index in [0.29, 0.717) is 13.1 Å². The molecular weight excluding hydrogens is 381 g/mol. The quantitative estimate of drug-likeness (QED) is 0.797. The Morgan fingerprint density at radius 1 is 1.04 bits per heavy atom. The van der Waals surface area contributed by atoms with Crippen molar-refractivity contribution in [3.05, 3.63) is 59.7 Å². The molecule has 0 aliphatic heterocycles. The summed E-state index contributed by atoms with van der Waals surface area (Å²) in [6.07, 6.45) is -4.46. The van der Waals surface area contributed by atoms with E-state index >= 15 is 0 Å². The molecule has 27 heavy (non-hydrogen) atoms. The van der Waals surface area contributed by atoms with Crippen LogP contribution in [0.3, 0.4) is 0 Å². The van der Waals surface area contributed by atoms with Crippen molar-refractivity contribution in [3.63, 3.8) is 0 Å². The molecule has 0 fully saturated rings. The first-order valence-corrected chi connectivity index (χ1v) is 9.62. The highest BCUT2D eigenvalue weighted by molar-refractivity contribution is 7.89. The molecule has 0 heterocycles. The summed E-state index contributed by atoms with van der Waals surface area (Å²) < 4.78 is 64.1. The van der Waals surface area contributed by atoms with Gasteiger partial charge in [0.05, 0.1) is 10.5 Å². The van der Waals surface area contributed by atoms with E-state index in [1.54, 1.807) is 13.8 Å². The highest BCUT2D eigenvalue weighted by atomic mass is 32.2. The average molecular weight is 400 g/mol. The van der Waals surface area contributed by atoms with Crippen LogP contribution in [-0.2, 0) is 16.2 Å². The lowest BCUT2D eigenvalue weighted by atomic mass is 10.2. The third-order valence-corrected chi connectivity index (χ3v) is 5.96. The lowest BCUT2D eigenvalue weighted by molar-refractivity contribution is -0.137. The van der Waals surface area contributed by atoms with Crippen LogP contribution >= 0.6 is 0 Å². The van der Waals surface area contributed by atoms with Crippen LogP contribution in [0, 0.1) is 0 Å². The van der Waals surface area contributed by atoms with Gasteiger partial charge in [0, 0.05) is 24.3 Å². The van der Waals surface area contributed by atoms with E-state index in [4.69, 9.17) is 0 Å². The first-order chi connectivity index (χ1) is 12.6. The molecule has 0 atom stereocenters. The summed E-state index contributed by atoms with van der Waals surface area (Å²) in [5.74, 6) is -0.619. The SMILES string of the molecule is CCN(CC)S(=O)(=O)c1cccc(C(=O)Nc2ccc(C(F)(F)F)cc2)c1. The Morgan fingerprint density at radius 3 is 2.15 bits per heavy atom. The lowest BCUT2D eigenvalue weighted by Gasteiger charge is -2.18. The number of alkyl halides is 3. The highest BCUT2D eigenvalue weighted by Crippen LogP contribution is 2.30. The van der Waals surface area contributed by atoms with Crippen molar-refractivity contribution in [1.82, 2.24) is 4.31 Å². The zero-order valence-corrected chi connectivity index (χ0v) is 15.6. The van der Waals surface area contributed by atoms with Gasteiger partial charge in [-0.25, -0.2) is 8.42 Å². The van der Waals surface area contributed by atoms with Crippen LogP contribution in [-0.4, -0.2) is 31.7 Å². The minimum absolute atomic E-state index is 0.0220. The van der Waals surface area contributed by atoms with Crippen molar-refractivity contribution in [1.29, 1.82) is 0 Å². The van der Waals surface area contributed by atoms with Crippen LogP contribution in [0.4, 0.5) is 18.9 Å². The highest BCUT2D eigenvalue weighted by Gasteiger charge is 2.30. The Balaban J connectivity index is 2.23. The molecule has 0 radical (unpaired) electrons. The Morgan fingerprint density at radius 2 is 1.63 bits per heavy atom. The molecule has 5 nitrogen and oxygen atoms in total. The maximum absolute atomic E-state index is 12.6. The lowest BCUT2D eigenvalue weighted by Crippen LogP contribution is -2.30. The fourth-order valence-electron chi connectivity index (χ4n) is 2.46. The summed E-state index contributed by atoms with van der Waals surface area (Å²) in [5, 5.41) is 2.46. The maximum Gasteiger partial charge on any atom is 0.416 e. The molecule has 0 aliphatic carbocycles. The van der Waals surface area contributed by atoms with Crippen molar-refractivity contribution in [2.75, 3.05) is 18.4 Å². The van der Waals surface area contributed by atoms with Gasteiger partial charge in [-0.3, -0.25) is 4.79 Å². The number of halogens is 3. The van der Waals surface area contributed by atoms with Crippen LogP contribution in [0.25, 0.3) is 0 Å². The molecule has 2 aromatic carbocycles. The van der Waals surface area contributed by atoms with Gasteiger partial charge in [-0.05, 0) is 42.5 Å². The minimum Gasteiger partial charge on any atom is -0.322 e. The summed E-state index contributed by atoms with van der Waals surface area (Å²) in [4.78, 5) is 12.3. The number of carbonyl (C=O) groups is 1. The molecule has 0 saturated carbocycles. The van der Waals surface area contributed by atoms with Crippen LogP contribution in [0.1, 0.15) is 29.8 Å². The fourth-order valence-corrected chi connectivity index (χ4v) is 3.96. The van der Waals surface area contributed by atoms with E-state index in [1.165, 1.54) is 28.6 Å². The van der Waals surface area contributed by atoms with Crippen molar-refractivity contribution in [2.45, 2.75) is 24.9 Å². The van der Waals surface area contributed by atoms with E-state index < -0.39 is 27.7 Å². The summed E-state index contributed by atoms with van der Waals surface area (Å²) >= 11 is 0. The molecule has 0 unspecified atom stereocenters. The Bertz CT molecular complexity index is 906. The van der Waals surface area contributed by atoms with E-state index in [1.807, 2.05) is 0 Å². The van der Waals surface area contributed by atoms with Gasteiger partial charge >= 0.3 is 6.18 Å². The zero-order valence-electron chi connectivity index (χ0n) is 14.7. The topological polar surface area (TPSA) is 66.5 Å². The first kappa shape index (κ1) is 20.9. The average Bonchev–Trinajstić information content (AvgIpc) is 2.62. The number of rotatable bonds is 6. The number of nitrogens with zero attached hydrogens (tertiary/aromatic N) is 1. The molecule has 9 heteroatoms. The summed E-state index contributed by atoms with van der Waals surface area (Å²) in [5.41, 5.74) is -0.569. The molecule has 0 spiro atoms. The molecule has 2 aromatic rings. The van der Waals surface area contributed by atoms with Crippen molar-refractivity contribution >= 4 is 21.6 Å². The largest absolute Gasteiger partial charge is 0.416 e. The van der Waals surface area contributed by atoms with Crippen LogP contribution in [0.15, 0.2) is 53.4 Å². The number of amides is 1. The van der Waals surface area contributed by atoms with Crippen molar-refractivity contribution < 1.29 is 26.4 Å². The molecule has 0 saturated heterocycles. The van der Waals surface area contributed by atoms with Gasteiger partial charge in [-0.2, -0.15) is 17.5 Å². The zero-order chi connectivity index (χ0) is 20.2. The molecular formula is C18H19F3N2O3S. The smallest absolute Gasteiger partial charge is 0.322 e. The standard InChI is InChI=1S/C18H19F3N2O3S/c1-3-23(4-2)27(25,26)16-7-5-6-13(12-16)17(24)22-15-10-8-14(9-11-15)18(19,20)21/h5-12H,3-4H2,1-2H3,(H,22,24). The summed E-state index contributed by atoms with van der Waals surface area (Å²) in [7, 11) is -3.72. The second kappa shape index (κ2) is 8.10. The van der Waals surface area contributed by atoms with Crippen LogP contribution in [0.5, 0.6) is 0 Å². The van der Waals surface area contributed by atoms with E-state index in [-0.39, 0.29) is 16.1 Å². The van der Waals surface area contributed by atoms with Gasteiger partial charge in [0.15, 0.2) is 0 Å². The fraction of sp³-hybridized carbons (Fsp3) is 0.278. The van der Waals surface area contributed by atoms with Crippen LogP contribution < -0.4 is 5.32 Å². The van der Waals surface area contributed by atoms with Gasteiger partial charge in [0.2, 0.25) is 10.0 Å². The van der Waals surface area contributed by atoms with Crippen LogP contribution in [0.2, 0.25) is 0 Å². The molecule has 0 bridgehead atoms. The number of carbonyl (C=O) groups excluding carboxylic acids is 1. The van der Waals surface area contributed by atoms with Gasteiger partial charge in [-0.15, -0.1) is 0 Å². The van der Waals surface area contributed by atoms with Gasteiger partial charge in [0.1, 0.15) is 0 Å². The Kier molecular flexibility index (Phi) is 6.27. The van der Waals surface area contributed by atoms with Gasteiger partial charge in [-0.1, -0.05) is 19.9 Å². The van der Waals surface area contributed by atoms with Gasteiger partial charge in [0.25, 0.3) is 5.91 Å². The maximum atomic E-state index is 12.6. The molecule has 1 N–H and O–H groups in total. The minimum atomic E-state index is -4.46. The molecule has 0 aromatic heterocycles. The summed E-state index contributed by atoms with van der Waals surface area (Å²) in [6.45, 7) is 4.01. The number of nitrogens with one attached hydrogen (secondary N) is 1. The van der Waals surface area contributed by atoms with Crippen molar-refractivity contribution in [2.24, 2.45) is 0 Å². The number of hydrogen-bond acceptors (Lipinski definition) is 3. The molecule has 2 rings (SSSR count). The van der Waals surface area contributed by atoms with Gasteiger partial charge < -0.3 is 5.32 Å². The van der Waals surface area contributed by atoms with Crippen molar-refractivity contribution in [3.8, 4) is 0 Å². The molecule has 0 aliphatic rings. The number of hydrogen-bond donors (Lipinski definition) is 1. The second-order valence-electron chi connectivity index (χ2n) is 5.65. The Hall–Kier alpha value is -2.39.